The molecule has 1 aromatic heterocycles. The van der Waals surface area contributed by atoms with E-state index in [-0.39, 0.29) is 28.5 Å². The standard InChI is InChI=1S/C13H12FN3O3/c1-7(18)12-9(6-15-17-12)16-13(19)11-8(14)4-3-5-10(11)20-2/h3-6H,1-2H3,(H,15,17)(H,16,19). The first-order valence-electron chi connectivity index (χ1n) is 5.72. The van der Waals surface area contributed by atoms with Gasteiger partial charge >= 0.3 is 0 Å². The zero-order valence-electron chi connectivity index (χ0n) is 10.9. The summed E-state index contributed by atoms with van der Waals surface area (Å²) in [7, 11) is 1.34. The Morgan fingerprint density at radius 1 is 1.40 bits per heavy atom. The van der Waals surface area contributed by atoms with Gasteiger partial charge in [0.1, 0.15) is 22.8 Å². The fourth-order valence-electron chi connectivity index (χ4n) is 1.73. The highest BCUT2D eigenvalue weighted by atomic mass is 19.1. The molecule has 20 heavy (non-hydrogen) atoms. The maximum atomic E-state index is 13.7. The SMILES string of the molecule is COc1cccc(F)c1C(=O)Nc1cn[nH]c1C(C)=O. The van der Waals surface area contributed by atoms with Crippen LogP contribution in [0.4, 0.5) is 10.1 Å². The van der Waals surface area contributed by atoms with Gasteiger partial charge in [-0.3, -0.25) is 14.7 Å². The summed E-state index contributed by atoms with van der Waals surface area (Å²) in [5.74, 6) is -1.62. The van der Waals surface area contributed by atoms with E-state index in [9.17, 15) is 14.0 Å². The Kier molecular flexibility index (Phi) is 3.79. The van der Waals surface area contributed by atoms with Gasteiger partial charge in [-0.15, -0.1) is 0 Å². The molecule has 6 nitrogen and oxygen atoms in total. The summed E-state index contributed by atoms with van der Waals surface area (Å²) in [6.45, 7) is 1.33. The van der Waals surface area contributed by atoms with Crippen molar-refractivity contribution < 1.29 is 18.7 Å². The predicted octanol–water partition coefficient (Wildman–Crippen LogP) is 2.01. The van der Waals surface area contributed by atoms with Crippen molar-refractivity contribution >= 4 is 17.4 Å². The second kappa shape index (κ2) is 5.52. The third-order valence-corrected chi connectivity index (χ3v) is 2.66. The molecule has 1 heterocycles. The molecule has 0 aliphatic heterocycles. The van der Waals surface area contributed by atoms with E-state index in [0.29, 0.717) is 0 Å². The van der Waals surface area contributed by atoms with Gasteiger partial charge in [0.2, 0.25) is 0 Å². The van der Waals surface area contributed by atoms with Crippen molar-refractivity contribution in [3.63, 3.8) is 0 Å². The number of benzene rings is 1. The quantitative estimate of drug-likeness (QED) is 0.837. The highest BCUT2D eigenvalue weighted by Crippen LogP contribution is 2.23. The molecular formula is C13H12FN3O3. The Labute approximate surface area is 113 Å². The van der Waals surface area contributed by atoms with Gasteiger partial charge in [-0.1, -0.05) is 6.07 Å². The number of ether oxygens (including phenoxy) is 1. The number of H-pyrrole nitrogens is 1. The molecule has 0 saturated carbocycles. The minimum atomic E-state index is -0.719. The molecule has 104 valence electrons. The van der Waals surface area contributed by atoms with E-state index in [0.717, 1.165) is 6.07 Å². The Balaban J connectivity index is 2.33. The lowest BCUT2D eigenvalue weighted by molar-refractivity contribution is 0.101. The minimum absolute atomic E-state index is 0.107. The van der Waals surface area contributed by atoms with Crippen molar-refractivity contribution in [1.29, 1.82) is 0 Å². The van der Waals surface area contributed by atoms with Crippen LogP contribution in [0.2, 0.25) is 0 Å². The van der Waals surface area contributed by atoms with Gasteiger partial charge in [0.15, 0.2) is 5.78 Å². The first-order chi connectivity index (χ1) is 9.54. The molecule has 7 heteroatoms. The number of aromatic amines is 1. The van der Waals surface area contributed by atoms with E-state index in [1.165, 1.54) is 32.4 Å². The number of carbonyl (C=O) groups excluding carboxylic acids is 2. The summed E-state index contributed by atoms with van der Waals surface area (Å²) >= 11 is 0. The van der Waals surface area contributed by atoms with E-state index in [1.807, 2.05) is 0 Å². The fraction of sp³-hybridized carbons (Fsp3) is 0.154. The second-order valence-corrected chi connectivity index (χ2v) is 3.99. The van der Waals surface area contributed by atoms with Crippen molar-refractivity contribution in [2.75, 3.05) is 12.4 Å². The van der Waals surface area contributed by atoms with Crippen molar-refractivity contribution in [2.24, 2.45) is 0 Å². The largest absolute Gasteiger partial charge is 0.496 e. The lowest BCUT2D eigenvalue weighted by Gasteiger charge is -2.09. The number of methoxy groups -OCH3 is 1. The number of halogens is 1. The average Bonchev–Trinajstić information content (AvgIpc) is 2.86. The van der Waals surface area contributed by atoms with Crippen LogP contribution < -0.4 is 10.1 Å². The van der Waals surface area contributed by atoms with E-state index in [1.54, 1.807) is 0 Å². The van der Waals surface area contributed by atoms with Crippen LogP contribution in [-0.4, -0.2) is 29.0 Å². The number of ketones is 1. The number of rotatable bonds is 4. The van der Waals surface area contributed by atoms with Gasteiger partial charge < -0.3 is 10.1 Å². The molecule has 0 spiro atoms. The Bertz CT molecular complexity index is 667. The molecule has 0 bridgehead atoms. The number of carbonyl (C=O) groups is 2. The highest BCUT2D eigenvalue weighted by Gasteiger charge is 2.20. The maximum Gasteiger partial charge on any atom is 0.262 e. The Hall–Kier alpha value is -2.70. The molecule has 1 aromatic carbocycles. The van der Waals surface area contributed by atoms with Gasteiger partial charge in [0.05, 0.1) is 19.0 Å². The van der Waals surface area contributed by atoms with Gasteiger partial charge in [-0.2, -0.15) is 5.10 Å². The second-order valence-electron chi connectivity index (χ2n) is 3.99. The van der Waals surface area contributed by atoms with E-state index < -0.39 is 11.7 Å². The van der Waals surface area contributed by atoms with Crippen molar-refractivity contribution in [3.05, 3.63) is 41.5 Å². The topological polar surface area (TPSA) is 84.1 Å². The molecular weight excluding hydrogens is 265 g/mol. The van der Waals surface area contributed by atoms with Crippen LogP contribution in [0.25, 0.3) is 0 Å². The molecule has 0 saturated heterocycles. The highest BCUT2D eigenvalue weighted by molar-refractivity contribution is 6.09. The molecule has 1 amide bonds. The summed E-state index contributed by atoms with van der Waals surface area (Å²) in [5, 5.41) is 8.57. The van der Waals surface area contributed by atoms with Gasteiger partial charge in [-0.05, 0) is 12.1 Å². The average molecular weight is 277 g/mol. The number of nitrogens with one attached hydrogen (secondary N) is 2. The van der Waals surface area contributed by atoms with Crippen LogP contribution in [0.5, 0.6) is 5.75 Å². The monoisotopic (exact) mass is 277 g/mol. The molecule has 0 atom stereocenters. The molecule has 0 fully saturated rings. The van der Waals surface area contributed by atoms with Crippen LogP contribution in [-0.2, 0) is 0 Å². The summed E-state index contributed by atoms with van der Waals surface area (Å²) in [5.41, 5.74) is 0.104. The van der Waals surface area contributed by atoms with Gasteiger partial charge in [0.25, 0.3) is 5.91 Å². The smallest absolute Gasteiger partial charge is 0.262 e. The van der Waals surface area contributed by atoms with Crippen LogP contribution in [0.15, 0.2) is 24.4 Å². The first kappa shape index (κ1) is 13.7. The molecule has 0 aliphatic carbocycles. The molecule has 2 N–H and O–H groups in total. The Morgan fingerprint density at radius 2 is 2.15 bits per heavy atom. The number of nitrogens with zero attached hydrogens (tertiary/aromatic N) is 1. The number of anilines is 1. The summed E-state index contributed by atoms with van der Waals surface area (Å²) in [6, 6.07) is 4.06. The lowest BCUT2D eigenvalue weighted by Crippen LogP contribution is -2.16. The fourth-order valence-corrected chi connectivity index (χ4v) is 1.73. The van der Waals surface area contributed by atoms with Gasteiger partial charge in [-0.25, -0.2) is 4.39 Å². The summed E-state index contributed by atoms with van der Waals surface area (Å²) < 4.78 is 18.7. The van der Waals surface area contributed by atoms with Gasteiger partial charge in [0, 0.05) is 6.92 Å². The minimum Gasteiger partial charge on any atom is -0.496 e. The number of hydrogen-bond acceptors (Lipinski definition) is 4. The van der Waals surface area contributed by atoms with Crippen molar-refractivity contribution in [2.45, 2.75) is 6.92 Å². The number of hydrogen-bond donors (Lipinski definition) is 2. The first-order valence-corrected chi connectivity index (χ1v) is 5.72. The zero-order chi connectivity index (χ0) is 14.7. The van der Waals surface area contributed by atoms with Crippen molar-refractivity contribution in [3.8, 4) is 5.75 Å². The maximum absolute atomic E-state index is 13.7. The summed E-state index contributed by atoms with van der Waals surface area (Å²) in [4.78, 5) is 23.4. The number of aromatic nitrogens is 2. The van der Waals surface area contributed by atoms with Crippen LogP contribution >= 0.6 is 0 Å². The van der Waals surface area contributed by atoms with Crippen LogP contribution in [0.3, 0.4) is 0 Å². The van der Waals surface area contributed by atoms with Crippen molar-refractivity contribution in [1.82, 2.24) is 10.2 Å². The third kappa shape index (κ3) is 2.51. The van der Waals surface area contributed by atoms with Crippen LogP contribution in [0, 0.1) is 5.82 Å². The van der Waals surface area contributed by atoms with Crippen LogP contribution in [0.1, 0.15) is 27.8 Å². The molecule has 0 aliphatic rings. The van der Waals surface area contributed by atoms with E-state index in [4.69, 9.17) is 4.74 Å². The third-order valence-electron chi connectivity index (χ3n) is 2.66. The number of amides is 1. The normalized spacial score (nSPS) is 10.2. The lowest BCUT2D eigenvalue weighted by atomic mass is 10.1. The molecule has 2 rings (SSSR count). The predicted molar refractivity (Wildman–Crippen MR) is 69.5 cm³/mol. The Morgan fingerprint density at radius 3 is 2.80 bits per heavy atom. The molecule has 2 aromatic rings. The van der Waals surface area contributed by atoms with E-state index in [2.05, 4.69) is 15.5 Å². The number of Topliss-reactive ketones (excluding diaryl/α,β-unsaturated/α-hetero) is 1. The van der Waals surface area contributed by atoms with E-state index >= 15 is 0 Å². The summed E-state index contributed by atoms with van der Waals surface area (Å²) in [6.07, 6.45) is 1.28. The zero-order valence-corrected chi connectivity index (χ0v) is 10.9. The molecule has 0 unspecified atom stereocenters. The molecule has 0 radical (unpaired) electrons.